The number of hydrogen-bond donors (Lipinski definition) is 3. The first-order valence-corrected chi connectivity index (χ1v) is 9.61. The summed E-state index contributed by atoms with van der Waals surface area (Å²) in [4.78, 5) is 16.0. The highest BCUT2D eigenvalue weighted by Gasteiger charge is 2.69. The summed E-state index contributed by atoms with van der Waals surface area (Å²) in [6.45, 7) is -0.258. The van der Waals surface area contributed by atoms with Crippen molar-refractivity contribution < 1.29 is 23.4 Å². The van der Waals surface area contributed by atoms with Gasteiger partial charge < -0.3 is 15.2 Å². The van der Waals surface area contributed by atoms with Crippen LogP contribution in [0.3, 0.4) is 0 Å². The highest BCUT2D eigenvalue weighted by molar-refractivity contribution is 6.30. The van der Waals surface area contributed by atoms with Crippen LogP contribution in [0.2, 0.25) is 10.0 Å². The maximum absolute atomic E-state index is 13.9. The fourth-order valence-corrected chi connectivity index (χ4v) is 4.37. The number of carbonyl (C=O) groups is 1. The molecule has 10 heteroatoms. The van der Waals surface area contributed by atoms with Gasteiger partial charge in [0.15, 0.2) is 12.8 Å². The van der Waals surface area contributed by atoms with Crippen LogP contribution in [0.25, 0.3) is 0 Å². The number of aliphatic hydroxyl groups excluding tert-OH is 1. The van der Waals surface area contributed by atoms with E-state index < -0.39 is 17.9 Å². The molecule has 3 saturated carbocycles. The topological polar surface area (TPSA) is 83.5 Å². The molecule has 1 atom stereocenters. The van der Waals surface area contributed by atoms with Crippen LogP contribution in [-0.4, -0.2) is 33.7 Å². The van der Waals surface area contributed by atoms with Crippen LogP contribution in [0.15, 0.2) is 30.5 Å². The second-order valence-electron chi connectivity index (χ2n) is 7.57. The van der Waals surface area contributed by atoms with Gasteiger partial charge in [-0.1, -0.05) is 23.2 Å². The van der Waals surface area contributed by atoms with Crippen molar-refractivity contribution in [2.24, 2.45) is 0 Å². The number of pyridine rings is 1. The Balaban J connectivity index is 1.25. The molecule has 1 aromatic heterocycles. The molecule has 1 heterocycles. The molecule has 1 aromatic carbocycles. The molecule has 0 radical (unpaired) electrons. The number of aromatic nitrogens is 1. The van der Waals surface area contributed by atoms with E-state index in [1.165, 1.54) is 18.3 Å². The molecule has 29 heavy (non-hydrogen) atoms. The summed E-state index contributed by atoms with van der Waals surface area (Å²) in [5.74, 6) is -1.44. The lowest BCUT2D eigenvalue weighted by Crippen LogP contribution is -2.83. The van der Waals surface area contributed by atoms with Gasteiger partial charge in [0, 0.05) is 23.3 Å². The van der Waals surface area contributed by atoms with E-state index in [1.54, 1.807) is 0 Å². The largest absolute Gasteiger partial charge is 0.484 e. The Labute approximate surface area is 175 Å². The lowest BCUT2D eigenvalue weighted by Gasteiger charge is -2.71. The van der Waals surface area contributed by atoms with Crippen LogP contribution in [-0.2, 0) is 4.79 Å². The summed E-state index contributed by atoms with van der Waals surface area (Å²) in [5.41, 5.74) is -0.869. The molecule has 2 bridgehead atoms. The Morgan fingerprint density at radius 2 is 1.93 bits per heavy atom. The van der Waals surface area contributed by atoms with Crippen molar-refractivity contribution in [1.29, 1.82) is 0 Å². The molecular formula is C19H17Cl2F2N3O3. The number of nitrogens with one attached hydrogen (secondary N) is 2. The minimum absolute atomic E-state index is 0.0238. The number of nitrogens with zero attached hydrogens (tertiary/aromatic N) is 1. The van der Waals surface area contributed by atoms with Gasteiger partial charge in [-0.3, -0.25) is 15.1 Å². The Bertz CT molecular complexity index is 956. The number of halogens is 4. The summed E-state index contributed by atoms with van der Waals surface area (Å²) in [6, 6.07) is 5.03. The first-order chi connectivity index (χ1) is 13.7. The normalized spacial score (nSPS) is 25.6. The quantitative estimate of drug-likeness (QED) is 0.572. The van der Waals surface area contributed by atoms with Crippen molar-refractivity contribution in [2.45, 2.75) is 36.6 Å². The maximum Gasteiger partial charge on any atom is 0.258 e. The van der Waals surface area contributed by atoms with Gasteiger partial charge in [-0.2, -0.15) is 0 Å². The zero-order valence-electron chi connectivity index (χ0n) is 15.0. The fraction of sp³-hybridized carbons (Fsp3) is 0.368. The van der Waals surface area contributed by atoms with E-state index in [2.05, 4.69) is 15.6 Å². The number of aliphatic hydroxyl groups is 1. The van der Waals surface area contributed by atoms with Crippen LogP contribution in [0.5, 0.6) is 5.75 Å². The molecule has 1 amide bonds. The second-order valence-corrected chi connectivity index (χ2v) is 8.41. The number of ether oxygens (including phenoxy) is 1. The third kappa shape index (κ3) is 4.02. The second kappa shape index (κ2) is 7.36. The Hall–Kier alpha value is -2.00. The average molecular weight is 444 g/mol. The number of rotatable bonds is 7. The molecule has 0 saturated heterocycles. The number of hydrogen-bond acceptors (Lipinski definition) is 5. The molecule has 3 fully saturated rings. The van der Waals surface area contributed by atoms with Crippen LogP contribution >= 0.6 is 23.2 Å². The van der Waals surface area contributed by atoms with E-state index >= 15 is 0 Å². The third-order valence-corrected chi connectivity index (χ3v) is 5.75. The van der Waals surface area contributed by atoms with Crippen molar-refractivity contribution >= 4 is 29.1 Å². The molecule has 1 unspecified atom stereocenters. The molecule has 154 valence electrons. The summed E-state index contributed by atoms with van der Waals surface area (Å²) >= 11 is 11.3. The van der Waals surface area contributed by atoms with E-state index in [0.717, 1.165) is 12.1 Å². The highest BCUT2D eigenvalue weighted by atomic mass is 35.5. The van der Waals surface area contributed by atoms with Crippen molar-refractivity contribution in [3.8, 4) is 5.75 Å². The van der Waals surface area contributed by atoms with Crippen molar-refractivity contribution in [3.05, 3.63) is 57.8 Å². The SMILES string of the molecule is O=C(COc1ccc(Cl)c(F)c1)NC12CC(NC(O)c3ncc(Cl)cc3F)(C1)C2. The van der Waals surface area contributed by atoms with E-state index in [4.69, 9.17) is 27.9 Å². The zero-order valence-corrected chi connectivity index (χ0v) is 16.5. The molecule has 3 N–H and O–H groups in total. The molecule has 3 aliphatic carbocycles. The summed E-state index contributed by atoms with van der Waals surface area (Å²) < 4.78 is 32.5. The first kappa shape index (κ1) is 20.3. The lowest BCUT2D eigenvalue weighted by atomic mass is 9.44. The van der Waals surface area contributed by atoms with Gasteiger partial charge in [-0.05, 0) is 37.5 Å². The Morgan fingerprint density at radius 1 is 1.21 bits per heavy atom. The van der Waals surface area contributed by atoms with Gasteiger partial charge in [0.05, 0.1) is 10.0 Å². The smallest absolute Gasteiger partial charge is 0.258 e. The predicted octanol–water partition coefficient (Wildman–Crippen LogP) is 3.12. The first-order valence-electron chi connectivity index (χ1n) is 8.85. The summed E-state index contributed by atoms with van der Waals surface area (Å²) in [7, 11) is 0. The molecule has 2 aromatic rings. The van der Waals surface area contributed by atoms with Crippen LogP contribution < -0.4 is 15.4 Å². The fourth-order valence-electron chi connectivity index (χ4n) is 4.11. The molecule has 3 aliphatic rings. The van der Waals surface area contributed by atoms with Crippen molar-refractivity contribution in [3.63, 3.8) is 0 Å². The van der Waals surface area contributed by atoms with E-state index in [9.17, 15) is 18.7 Å². The standard InChI is InChI=1S/C19H17Cl2F2N3O3/c20-10-3-14(23)16(24-5-10)17(28)26-19-7-18(8-19,9-19)25-15(27)6-29-11-1-2-12(21)13(22)4-11/h1-5,17,26,28H,6-9H2,(H,25,27). The number of benzene rings is 1. The number of amides is 1. The summed E-state index contributed by atoms with van der Waals surface area (Å²) in [6.07, 6.45) is 1.76. The molecule has 6 nitrogen and oxygen atoms in total. The predicted molar refractivity (Wildman–Crippen MR) is 102 cm³/mol. The van der Waals surface area contributed by atoms with Crippen LogP contribution in [0.4, 0.5) is 8.78 Å². The molecule has 0 spiro atoms. The number of carbonyl (C=O) groups excluding carboxylic acids is 1. The minimum atomic E-state index is -1.27. The van der Waals surface area contributed by atoms with Gasteiger partial charge in [-0.25, -0.2) is 8.78 Å². The van der Waals surface area contributed by atoms with Gasteiger partial charge in [0.1, 0.15) is 23.1 Å². The maximum atomic E-state index is 13.9. The minimum Gasteiger partial charge on any atom is -0.484 e. The molecule has 0 aliphatic heterocycles. The van der Waals surface area contributed by atoms with Gasteiger partial charge in [-0.15, -0.1) is 0 Å². The average Bonchev–Trinajstić information content (AvgIpc) is 2.59. The van der Waals surface area contributed by atoms with Gasteiger partial charge in [0.25, 0.3) is 5.91 Å². The third-order valence-electron chi connectivity index (χ3n) is 5.23. The lowest BCUT2D eigenvalue weighted by molar-refractivity contribution is -0.151. The zero-order chi connectivity index (χ0) is 20.8. The van der Waals surface area contributed by atoms with E-state index in [1.807, 2.05) is 0 Å². The summed E-state index contributed by atoms with van der Waals surface area (Å²) in [5, 5.41) is 16.2. The van der Waals surface area contributed by atoms with Gasteiger partial charge >= 0.3 is 0 Å². The van der Waals surface area contributed by atoms with Gasteiger partial charge in [0.2, 0.25) is 0 Å². The molecule has 5 rings (SSSR count). The monoisotopic (exact) mass is 443 g/mol. The van der Waals surface area contributed by atoms with Crippen LogP contribution in [0, 0.1) is 11.6 Å². The van der Waals surface area contributed by atoms with Crippen molar-refractivity contribution in [1.82, 2.24) is 15.6 Å². The molecular weight excluding hydrogens is 427 g/mol. The highest BCUT2D eigenvalue weighted by Crippen LogP contribution is 2.60. The van der Waals surface area contributed by atoms with Crippen molar-refractivity contribution in [2.75, 3.05) is 6.61 Å². The van der Waals surface area contributed by atoms with E-state index in [0.29, 0.717) is 19.3 Å². The van der Waals surface area contributed by atoms with E-state index in [-0.39, 0.29) is 45.1 Å². The Kier molecular flexibility index (Phi) is 5.14. The van der Waals surface area contributed by atoms with Crippen LogP contribution in [0.1, 0.15) is 31.2 Å². The Morgan fingerprint density at radius 3 is 2.59 bits per heavy atom.